The fraction of sp³-hybridized carbons (Fsp3) is 0.818. The molecule has 0 saturated heterocycles. The number of hydrogen-bond donors (Lipinski definition) is 3. The van der Waals surface area contributed by atoms with Crippen molar-refractivity contribution in [2.75, 3.05) is 0 Å². The summed E-state index contributed by atoms with van der Waals surface area (Å²) in [5.74, 6) is -2.55. The third kappa shape index (κ3) is 5.11. The van der Waals surface area contributed by atoms with E-state index in [1.165, 1.54) is 6.92 Å². The number of carboxylic acids is 1. The molecule has 0 bridgehead atoms. The normalized spacial score (nSPS) is 18.3. The number of hydrogen-bond acceptors (Lipinski definition) is 3. The number of carbonyl (C=O) groups excluding carboxylic acids is 1. The molecule has 0 rings (SSSR count). The maximum Gasteiger partial charge on any atom is 0.307 e. The molecule has 3 N–H and O–H groups in total. The molecule has 0 aliphatic heterocycles. The van der Waals surface area contributed by atoms with E-state index in [4.69, 9.17) is 10.2 Å². The van der Waals surface area contributed by atoms with E-state index in [-0.39, 0.29) is 11.9 Å². The summed E-state index contributed by atoms with van der Waals surface area (Å²) in [6.45, 7) is 6.52. The zero-order valence-electron chi connectivity index (χ0n) is 10.2. The zero-order valence-corrected chi connectivity index (χ0v) is 10.2. The first kappa shape index (κ1) is 14.9. The second kappa shape index (κ2) is 6.48. The lowest BCUT2D eigenvalue weighted by molar-refractivity contribution is -0.146. The van der Waals surface area contributed by atoms with Gasteiger partial charge in [-0.3, -0.25) is 9.59 Å². The molecule has 0 spiro atoms. The highest BCUT2D eigenvalue weighted by Crippen LogP contribution is 2.11. The van der Waals surface area contributed by atoms with E-state index in [9.17, 15) is 9.59 Å². The van der Waals surface area contributed by atoms with Crippen LogP contribution in [0.3, 0.4) is 0 Å². The molecular weight excluding hydrogens is 210 g/mol. The average molecular weight is 231 g/mol. The lowest BCUT2D eigenvalue weighted by atomic mass is 9.95. The number of amides is 1. The van der Waals surface area contributed by atoms with Crippen LogP contribution in [-0.4, -0.2) is 34.2 Å². The van der Waals surface area contributed by atoms with Crippen molar-refractivity contribution in [3.8, 4) is 0 Å². The summed E-state index contributed by atoms with van der Waals surface area (Å²) in [4.78, 5) is 22.3. The quantitative estimate of drug-likeness (QED) is 0.625. The summed E-state index contributed by atoms with van der Waals surface area (Å²) in [7, 11) is 0. The van der Waals surface area contributed by atoms with E-state index < -0.39 is 23.9 Å². The van der Waals surface area contributed by atoms with Gasteiger partial charge in [-0.05, 0) is 20.3 Å². The number of rotatable bonds is 6. The molecule has 4 unspecified atom stereocenters. The Labute approximate surface area is 95.9 Å². The van der Waals surface area contributed by atoms with Crippen LogP contribution in [0.1, 0.15) is 34.1 Å². The first-order chi connectivity index (χ1) is 7.25. The molecule has 0 aromatic heterocycles. The van der Waals surface area contributed by atoms with Gasteiger partial charge in [-0.25, -0.2) is 0 Å². The van der Waals surface area contributed by atoms with Crippen molar-refractivity contribution in [1.29, 1.82) is 0 Å². The number of carboxylic acid groups (broad SMARTS) is 1. The largest absolute Gasteiger partial charge is 0.481 e. The van der Waals surface area contributed by atoms with Gasteiger partial charge in [0.1, 0.15) is 0 Å². The van der Waals surface area contributed by atoms with Gasteiger partial charge in [0.05, 0.1) is 12.0 Å². The van der Waals surface area contributed by atoms with Gasteiger partial charge in [0.2, 0.25) is 5.91 Å². The molecule has 5 nitrogen and oxygen atoms in total. The molecule has 94 valence electrons. The lowest BCUT2D eigenvalue weighted by Gasteiger charge is -2.20. The van der Waals surface area contributed by atoms with E-state index in [0.29, 0.717) is 6.42 Å². The first-order valence-corrected chi connectivity index (χ1v) is 5.47. The maximum atomic E-state index is 11.6. The van der Waals surface area contributed by atoms with Gasteiger partial charge >= 0.3 is 5.97 Å². The minimum absolute atomic E-state index is 0.157. The van der Waals surface area contributed by atoms with E-state index in [1.54, 1.807) is 20.8 Å². The predicted octanol–water partition coefficient (Wildman–Crippen LogP) is 0.619. The van der Waals surface area contributed by atoms with Crippen LogP contribution in [0.15, 0.2) is 0 Å². The van der Waals surface area contributed by atoms with Crippen LogP contribution < -0.4 is 5.32 Å². The molecule has 0 saturated carbocycles. The van der Waals surface area contributed by atoms with Crippen LogP contribution >= 0.6 is 0 Å². The topological polar surface area (TPSA) is 86.6 Å². The second-order valence-corrected chi connectivity index (χ2v) is 4.41. The standard InChI is InChI=1S/C11H21NO4/c1-6(5-7(2)13)12-10(14)8(3)9(4)11(15)16/h6-9,13H,5H2,1-4H3,(H,12,14)(H,15,16). The molecule has 0 radical (unpaired) electrons. The van der Waals surface area contributed by atoms with Crippen LogP contribution in [0.4, 0.5) is 0 Å². The van der Waals surface area contributed by atoms with E-state index in [1.807, 2.05) is 0 Å². The summed E-state index contributed by atoms with van der Waals surface area (Å²) >= 11 is 0. The van der Waals surface area contributed by atoms with E-state index in [0.717, 1.165) is 0 Å². The molecule has 16 heavy (non-hydrogen) atoms. The van der Waals surface area contributed by atoms with Crippen LogP contribution in [0.5, 0.6) is 0 Å². The average Bonchev–Trinajstić information content (AvgIpc) is 2.13. The summed E-state index contributed by atoms with van der Waals surface area (Å²) in [5.41, 5.74) is 0. The van der Waals surface area contributed by atoms with Crippen molar-refractivity contribution in [2.45, 2.75) is 46.3 Å². The molecule has 0 aromatic rings. The Hall–Kier alpha value is -1.10. The molecular formula is C11H21NO4. The Morgan fingerprint density at radius 1 is 1.12 bits per heavy atom. The Morgan fingerprint density at radius 2 is 1.62 bits per heavy atom. The monoisotopic (exact) mass is 231 g/mol. The Balaban J connectivity index is 4.20. The second-order valence-electron chi connectivity index (χ2n) is 4.41. The predicted molar refractivity (Wildman–Crippen MR) is 59.9 cm³/mol. The molecule has 4 atom stereocenters. The van der Waals surface area contributed by atoms with Crippen molar-refractivity contribution < 1.29 is 19.8 Å². The summed E-state index contributed by atoms with van der Waals surface area (Å²) in [5, 5.41) is 20.6. The number of aliphatic carboxylic acids is 1. The van der Waals surface area contributed by atoms with Crippen LogP contribution in [0, 0.1) is 11.8 Å². The highest BCUT2D eigenvalue weighted by Gasteiger charge is 2.26. The zero-order chi connectivity index (χ0) is 12.9. The number of nitrogens with one attached hydrogen (secondary N) is 1. The van der Waals surface area contributed by atoms with Gasteiger partial charge in [0, 0.05) is 12.0 Å². The highest BCUT2D eigenvalue weighted by molar-refractivity contribution is 5.84. The molecule has 0 fully saturated rings. The van der Waals surface area contributed by atoms with E-state index >= 15 is 0 Å². The lowest BCUT2D eigenvalue weighted by Crippen LogP contribution is -2.41. The number of aliphatic hydroxyl groups is 1. The van der Waals surface area contributed by atoms with Crippen molar-refractivity contribution >= 4 is 11.9 Å². The Kier molecular flexibility index (Phi) is 6.03. The van der Waals surface area contributed by atoms with Gasteiger partial charge in [-0.2, -0.15) is 0 Å². The minimum Gasteiger partial charge on any atom is -0.481 e. The fourth-order valence-electron chi connectivity index (χ4n) is 1.39. The van der Waals surface area contributed by atoms with Crippen molar-refractivity contribution in [2.24, 2.45) is 11.8 Å². The van der Waals surface area contributed by atoms with Crippen molar-refractivity contribution in [3.05, 3.63) is 0 Å². The molecule has 0 aliphatic rings. The maximum absolute atomic E-state index is 11.6. The smallest absolute Gasteiger partial charge is 0.307 e. The van der Waals surface area contributed by atoms with E-state index in [2.05, 4.69) is 5.32 Å². The Bertz CT molecular complexity index is 252. The number of carbonyl (C=O) groups is 2. The van der Waals surface area contributed by atoms with Crippen LogP contribution in [0.25, 0.3) is 0 Å². The summed E-state index contributed by atoms with van der Waals surface area (Å²) in [6.07, 6.45) is -0.0255. The molecule has 0 aromatic carbocycles. The van der Waals surface area contributed by atoms with Crippen molar-refractivity contribution in [3.63, 3.8) is 0 Å². The van der Waals surface area contributed by atoms with Gasteiger partial charge in [-0.15, -0.1) is 0 Å². The molecule has 0 aliphatic carbocycles. The SMILES string of the molecule is CC(O)CC(C)NC(=O)C(C)C(C)C(=O)O. The van der Waals surface area contributed by atoms with Gasteiger partial charge < -0.3 is 15.5 Å². The summed E-state index contributed by atoms with van der Waals surface area (Å²) < 4.78 is 0. The van der Waals surface area contributed by atoms with Gasteiger partial charge in [-0.1, -0.05) is 13.8 Å². The highest BCUT2D eigenvalue weighted by atomic mass is 16.4. The third-order valence-electron chi connectivity index (χ3n) is 2.64. The molecule has 5 heteroatoms. The number of aliphatic hydroxyl groups excluding tert-OH is 1. The minimum atomic E-state index is -0.981. The van der Waals surface area contributed by atoms with Crippen molar-refractivity contribution in [1.82, 2.24) is 5.32 Å². The van der Waals surface area contributed by atoms with Gasteiger partial charge in [0.25, 0.3) is 0 Å². The molecule has 0 heterocycles. The fourth-order valence-corrected chi connectivity index (χ4v) is 1.39. The molecule has 1 amide bonds. The van der Waals surface area contributed by atoms with Crippen LogP contribution in [0.2, 0.25) is 0 Å². The third-order valence-corrected chi connectivity index (χ3v) is 2.64. The Morgan fingerprint density at radius 3 is 2.00 bits per heavy atom. The first-order valence-electron chi connectivity index (χ1n) is 5.47. The summed E-state index contributed by atoms with van der Waals surface area (Å²) in [6, 6.07) is -0.157. The van der Waals surface area contributed by atoms with Gasteiger partial charge in [0.15, 0.2) is 0 Å². The van der Waals surface area contributed by atoms with Crippen LogP contribution in [-0.2, 0) is 9.59 Å².